The van der Waals surface area contributed by atoms with Crippen molar-refractivity contribution in [2.45, 2.75) is 47.5 Å². The summed E-state index contributed by atoms with van der Waals surface area (Å²) in [4.78, 5) is 11.5. The van der Waals surface area contributed by atoms with Crippen LogP contribution in [0.15, 0.2) is 24.3 Å². The van der Waals surface area contributed by atoms with Gasteiger partial charge in [-0.05, 0) is 45.2 Å². The third-order valence-corrected chi connectivity index (χ3v) is 3.78. The van der Waals surface area contributed by atoms with Crippen LogP contribution in [0.4, 0.5) is 17.3 Å². The Morgan fingerprint density at radius 1 is 0.957 bits per heavy atom. The predicted molar refractivity (Wildman–Crippen MR) is 98.8 cm³/mol. The van der Waals surface area contributed by atoms with Crippen LogP contribution in [-0.4, -0.2) is 23.1 Å². The number of nitrogens with zero attached hydrogens (tertiary/aromatic N) is 3. The first-order chi connectivity index (χ1) is 11.0. The normalized spacial score (nSPS) is 10.7. The molecule has 1 N–H and O–H groups in total. The van der Waals surface area contributed by atoms with Crippen molar-refractivity contribution in [1.82, 2.24) is 9.97 Å². The smallest absolute Gasteiger partial charge is 0.136 e. The molecule has 4 nitrogen and oxygen atoms in total. The highest BCUT2D eigenvalue weighted by molar-refractivity contribution is 5.63. The number of hydrogen-bond acceptors (Lipinski definition) is 4. The lowest BCUT2D eigenvalue weighted by molar-refractivity contribution is 0.730. The molecule has 0 unspecified atom stereocenters. The summed E-state index contributed by atoms with van der Waals surface area (Å²) in [6, 6.07) is 8.46. The molecule has 1 aromatic heterocycles. The molecule has 0 aliphatic heterocycles. The molecule has 2 rings (SSSR count). The molecule has 0 bridgehead atoms. The van der Waals surface area contributed by atoms with E-state index in [0.717, 1.165) is 49.1 Å². The molecule has 0 aliphatic rings. The number of anilines is 3. The van der Waals surface area contributed by atoms with Crippen LogP contribution in [0, 0.1) is 20.8 Å². The van der Waals surface area contributed by atoms with Crippen LogP contribution >= 0.6 is 0 Å². The molecule has 23 heavy (non-hydrogen) atoms. The van der Waals surface area contributed by atoms with E-state index in [1.165, 1.54) is 11.1 Å². The number of benzene rings is 1. The topological polar surface area (TPSA) is 41.0 Å². The SMILES string of the molecule is CCCN(CCC)c1cc(Nc2ccc(C)cc2C)nc(C)n1. The Labute approximate surface area is 140 Å². The lowest BCUT2D eigenvalue weighted by Gasteiger charge is -2.23. The fourth-order valence-electron chi connectivity index (χ4n) is 2.75. The molecule has 0 spiro atoms. The molecule has 0 aliphatic carbocycles. The summed E-state index contributed by atoms with van der Waals surface area (Å²) in [6.45, 7) is 12.6. The van der Waals surface area contributed by atoms with Crippen LogP contribution in [0.1, 0.15) is 43.6 Å². The molecule has 0 amide bonds. The van der Waals surface area contributed by atoms with Crippen LogP contribution in [0.3, 0.4) is 0 Å². The van der Waals surface area contributed by atoms with Gasteiger partial charge in [0.15, 0.2) is 0 Å². The molecule has 0 radical (unpaired) electrons. The van der Waals surface area contributed by atoms with Crippen molar-refractivity contribution in [2.24, 2.45) is 0 Å². The lowest BCUT2D eigenvalue weighted by atomic mass is 10.1. The van der Waals surface area contributed by atoms with E-state index in [4.69, 9.17) is 0 Å². The Kier molecular flexibility index (Phi) is 5.97. The van der Waals surface area contributed by atoms with Gasteiger partial charge in [0.05, 0.1) is 0 Å². The van der Waals surface area contributed by atoms with E-state index in [-0.39, 0.29) is 0 Å². The van der Waals surface area contributed by atoms with Gasteiger partial charge in [-0.1, -0.05) is 31.5 Å². The van der Waals surface area contributed by atoms with Crippen LogP contribution in [-0.2, 0) is 0 Å². The largest absolute Gasteiger partial charge is 0.356 e. The predicted octanol–water partition coefficient (Wildman–Crippen LogP) is 4.77. The monoisotopic (exact) mass is 312 g/mol. The van der Waals surface area contributed by atoms with Crippen molar-refractivity contribution < 1.29 is 0 Å². The van der Waals surface area contributed by atoms with Crippen LogP contribution < -0.4 is 10.2 Å². The average molecular weight is 312 g/mol. The second kappa shape index (κ2) is 7.95. The molecule has 4 heteroatoms. The average Bonchev–Trinajstić information content (AvgIpc) is 2.49. The number of aromatic nitrogens is 2. The number of rotatable bonds is 7. The zero-order valence-corrected chi connectivity index (χ0v) is 15.0. The highest BCUT2D eigenvalue weighted by Gasteiger charge is 2.10. The van der Waals surface area contributed by atoms with Crippen molar-refractivity contribution >= 4 is 17.3 Å². The third-order valence-electron chi connectivity index (χ3n) is 3.78. The van der Waals surface area contributed by atoms with E-state index < -0.39 is 0 Å². The second-order valence-electron chi connectivity index (χ2n) is 6.09. The molecule has 1 aromatic carbocycles. The summed E-state index contributed by atoms with van der Waals surface area (Å²) >= 11 is 0. The fourth-order valence-corrected chi connectivity index (χ4v) is 2.75. The van der Waals surface area contributed by atoms with Crippen molar-refractivity contribution in [3.05, 3.63) is 41.2 Å². The van der Waals surface area contributed by atoms with Gasteiger partial charge in [0.25, 0.3) is 0 Å². The van der Waals surface area contributed by atoms with Gasteiger partial charge in [0.2, 0.25) is 0 Å². The molecule has 1 heterocycles. The maximum Gasteiger partial charge on any atom is 0.136 e. The summed E-state index contributed by atoms with van der Waals surface area (Å²) in [5.41, 5.74) is 3.59. The first kappa shape index (κ1) is 17.3. The highest BCUT2D eigenvalue weighted by Crippen LogP contribution is 2.23. The van der Waals surface area contributed by atoms with Gasteiger partial charge in [-0.15, -0.1) is 0 Å². The van der Waals surface area contributed by atoms with Crippen molar-refractivity contribution in [3.8, 4) is 0 Å². The molecule has 2 aromatic rings. The lowest BCUT2D eigenvalue weighted by Crippen LogP contribution is -2.26. The molecule has 0 atom stereocenters. The van der Waals surface area contributed by atoms with E-state index in [2.05, 4.69) is 72.1 Å². The summed E-state index contributed by atoms with van der Waals surface area (Å²) < 4.78 is 0. The molecular weight excluding hydrogens is 284 g/mol. The summed E-state index contributed by atoms with van der Waals surface area (Å²) in [5.74, 6) is 2.66. The van der Waals surface area contributed by atoms with Gasteiger partial charge in [-0.25, -0.2) is 9.97 Å². The summed E-state index contributed by atoms with van der Waals surface area (Å²) in [7, 11) is 0. The van der Waals surface area contributed by atoms with Gasteiger partial charge < -0.3 is 10.2 Å². The fraction of sp³-hybridized carbons (Fsp3) is 0.474. The highest BCUT2D eigenvalue weighted by atomic mass is 15.2. The van der Waals surface area contributed by atoms with E-state index in [0.29, 0.717) is 0 Å². The second-order valence-corrected chi connectivity index (χ2v) is 6.09. The molecule has 0 fully saturated rings. The van der Waals surface area contributed by atoms with E-state index in [9.17, 15) is 0 Å². The number of hydrogen-bond donors (Lipinski definition) is 1. The first-order valence-corrected chi connectivity index (χ1v) is 8.48. The quantitative estimate of drug-likeness (QED) is 0.799. The van der Waals surface area contributed by atoms with E-state index in [1.807, 2.05) is 6.92 Å². The zero-order valence-electron chi connectivity index (χ0n) is 15.0. The zero-order chi connectivity index (χ0) is 16.8. The maximum atomic E-state index is 4.62. The number of nitrogens with one attached hydrogen (secondary N) is 1. The Balaban J connectivity index is 2.28. The van der Waals surface area contributed by atoms with Crippen molar-refractivity contribution in [2.75, 3.05) is 23.3 Å². The molecule has 0 saturated carbocycles. The van der Waals surface area contributed by atoms with Crippen molar-refractivity contribution in [1.29, 1.82) is 0 Å². The Hall–Kier alpha value is -2.10. The molecule has 124 valence electrons. The van der Waals surface area contributed by atoms with Crippen LogP contribution in [0.25, 0.3) is 0 Å². The van der Waals surface area contributed by atoms with Crippen LogP contribution in [0.5, 0.6) is 0 Å². The van der Waals surface area contributed by atoms with Crippen LogP contribution in [0.2, 0.25) is 0 Å². The van der Waals surface area contributed by atoms with Gasteiger partial charge in [-0.2, -0.15) is 0 Å². The van der Waals surface area contributed by atoms with E-state index >= 15 is 0 Å². The van der Waals surface area contributed by atoms with E-state index in [1.54, 1.807) is 0 Å². The summed E-state index contributed by atoms with van der Waals surface area (Å²) in [6.07, 6.45) is 2.23. The van der Waals surface area contributed by atoms with Gasteiger partial charge in [0, 0.05) is 24.8 Å². The minimum Gasteiger partial charge on any atom is -0.356 e. The van der Waals surface area contributed by atoms with Gasteiger partial charge in [-0.3, -0.25) is 0 Å². The Morgan fingerprint density at radius 2 is 1.65 bits per heavy atom. The van der Waals surface area contributed by atoms with Gasteiger partial charge in [0.1, 0.15) is 17.5 Å². The molecule has 0 saturated heterocycles. The van der Waals surface area contributed by atoms with Crippen molar-refractivity contribution in [3.63, 3.8) is 0 Å². The minimum atomic E-state index is 0.798. The van der Waals surface area contributed by atoms with Gasteiger partial charge >= 0.3 is 0 Å². The summed E-state index contributed by atoms with van der Waals surface area (Å²) in [5, 5.41) is 3.44. The standard InChI is InChI=1S/C19H28N4/c1-6-10-23(11-7-2)19-13-18(20-16(5)21-19)22-17-9-8-14(3)12-15(17)4/h8-9,12-13H,6-7,10-11H2,1-5H3,(H,20,21,22). The maximum absolute atomic E-state index is 4.62. The first-order valence-electron chi connectivity index (χ1n) is 8.48. The Bertz CT molecular complexity index is 646. The Morgan fingerprint density at radius 3 is 2.26 bits per heavy atom. The third kappa shape index (κ3) is 4.68. The molecular formula is C19H28N4. The minimum absolute atomic E-state index is 0.798. The number of aryl methyl sites for hydroxylation is 3.